The van der Waals surface area contributed by atoms with E-state index >= 15 is 0 Å². The summed E-state index contributed by atoms with van der Waals surface area (Å²) in [4.78, 5) is 0.109. The molecule has 1 aliphatic rings. The number of hydrogen-bond donors (Lipinski definition) is 1. The van der Waals surface area contributed by atoms with Crippen LogP contribution in [-0.4, -0.2) is 41.8 Å². The van der Waals surface area contributed by atoms with Gasteiger partial charge in [0.1, 0.15) is 11.6 Å². The summed E-state index contributed by atoms with van der Waals surface area (Å²) >= 11 is 6.18. The predicted molar refractivity (Wildman–Crippen MR) is 132 cm³/mol. The fourth-order valence-electron chi connectivity index (χ4n) is 4.44. The first-order chi connectivity index (χ1) is 16.0. The molecule has 1 aromatic heterocycles. The van der Waals surface area contributed by atoms with Crippen LogP contribution in [0.1, 0.15) is 45.4 Å². The Morgan fingerprint density at radius 3 is 2.50 bits per heavy atom. The zero-order valence-electron chi connectivity index (χ0n) is 19.7. The van der Waals surface area contributed by atoms with Gasteiger partial charge in [-0.3, -0.25) is 4.31 Å². The first-order valence-corrected chi connectivity index (χ1v) is 13.0. The quantitative estimate of drug-likeness (QED) is 0.542. The van der Waals surface area contributed by atoms with Gasteiger partial charge in [0.2, 0.25) is 0 Å². The zero-order chi connectivity index (χ0) is 24.7. The lowest BCUT2D eigenvalue weighted by atomic mass is 9.99. The number of nitrogens with zero attached hydrogens (tertiary/aromatic N) is 4. The number of nitrogens with one attached hydrogen (secondary N) is 1. The second-order valence-electron chi connectivity index (χ2n) is 9.52. The summed E-state index contributed by atoms with van der Waals surface area (Å²) in [6.07, 6.45) is 2.01. The van der Waals surface area contributed by atoms with Crippen molar-refractivity contribution in [3.8, 4) is 11.4 Å². The van der Waals surface area contributed by atoms with Gasteiger partial charge >= 0.3 is 0 Å². The number of rotatable bonds is 5. The molecule has 4 rings (SSSR count). The molecule has 3 aromatic rings. The Hall–Kier alpha value is -2.49. The van der Waals surface area contributed by atoms with Crippen molar-refractivity contribution in [2.75, 3.05) is 17.4 Å². The molecule has 2 heterocycles. The molecule has 7 nitrogen and oxygen atoms in total. The highest BCUT2D eigenvalue weighted by Crippen LogP contribution is 2.41. The van der Waals surface area contributed by atoms with E-state index in [9.17, 15) is 12.8 Å². The Bertz CT molecular complexity index is 1280. The van der Waals surface area contributed by atoms with Crippen molar-refractivity contribution in [1.82, 2.24) is 20.1 Å². The number of aromatic nitrogens is 3. The van der Waals surface area contributed by atoms with Crippen LogP contribution in [0.25, 0.3) is 11.4 Å². The average Bonchev–Trinajstić information content (AvgIpc) is 3.17. The van der Waals surface area contributed by atoms with Gasteiger partial charge in [-0.15, -0.1) is 10.2 Å². The molecule has 0 bridgehead atoms. The Morgan fingerprint density at radius 1 is 1.18 bits per heavy atom. The summed E-state index contributed by atoms with van der Waals surface area (Å²) in [5, 5.41) is 12.1. The minimum absolute atomic E-state index is 0.109. The van der Waals surface area contributed by atoms with Gasteiger partial charge in [0.15, 0.2) is 5.82 Å². The molecule has 1 unspecified atom stereocenters. The number of halogens is 2. The molecule has 1 atom stereocenters. The summed E-state index contributed by atoms with van der Waals surface area (Å²) in [6, 6.07) is 10.7. The van der Waals surface area contributed by atoms with E-state index in [4.69, 9.17) is 11.6 Å². The Kier molecular flexibility index (Phi) is 6.72. The second-order valence-corrected chi connectivity index (χ2v) is 11.7. The van der Waals surface area contributed by atoms with Gasteiger partial charge in [0, 0.05) is 36.7 Å². The summed E-state index contributed by atoms with van der Waals surface area (Å²) in [6.45, 7) is 7.05. The molecular formula is C24H29ClFN5O2S. The standard InChI is InChI=1S/C24H29ClFN5O2S/c1-24(2,3)31(34(32,33)17-10-6-5-7-11-17)21-14-20(26)19(25)13-18(21)23-29-28-22(30(23)4)16-9-8-12-27-15-16/h5-7,10-11,13-14,16,27H,8-9,12,15H2,1-4H3. The van der Waals surface area contributed by atoms with E-state index in [-0.39, 0.29) is 21.5 Å². The third kappa shape index (κ3) is 4.56. The molecule has 0 spiro atoms. The Labute approximate surface area is 205 Å². The van der Waals surface area contributed by atoms with E-state index in [2.05, 4.69) is 15.5 Å². The van der Waals surface area contributed by atoms with E-state index in [0.29, 0.717) is 11.4 Å². The fraction of sp³-hybridized carbons (Fsp3) is 0.417. The number of benzene rings is 2. The number of sulfonamides is 1. The van der Waals surface area contributed by atoms with Gasteiger partial charge in [0.05, 0.1) is 15.6 Å². The van der Waals surface area contributed by atoms with Crippen LogP contribution in [0.3, 0.4) is 0 Å². The van der Waals surface area contributed by atoms with Crippen LogP contribution >= 0.6 is 11.6 Å². The molecule has 1 fully saturated rings. The minimum atomic E-state index is -4.04. The summed E-state index contributed by atoms with van der Waals surface area (Å²) < 4.78 is 45.5. The molecular weight excluding hydrogens is 477 g/mol. The smallest absolute Gasteiger partial charge is 0.264 e. The lowest BCUT2D eigenvalue weighted by Gasteiger charge is -2.37. The van der Waals surface area contributed by atoms with Gasteiger partial charge in [-0.1, -0.05) is 29.8 Å². The van der Waals surface area contributed by atoms with Crippen molar-refractivity contribution in [3.05, 3.63) is 59.1 Å². The maximum atomic E-state index is 14.8. The van der Waals surface area contributed by atoms with Crippen molar-refractivity contribution in [1.29, 1.82) is 0 Å². The topological polar surface area (TPSA) is 80.1 Å². The van der Waals surface area contributed by atoms with E-state index in [1.807, 2.05) is 11.6 Å². The lowest BCUT2D eigenvalue weighted by Crippen LogP contribution is -2.46. The second kappa shape index (κ2) is 9.28. The summed E-state index contributed by atoms with van der Waals surface area (Å²) in [7, 11) is -2.20. The van der Waals surface area contributed by atoms with Crippen LogP contribution in [0.2, 0.25) is 5.02 Å². The number of piperidine rings is 1. The third-order valence-electron chi connectivity index (χ3n) is 5.96. The predicted octanol–water partition coefficient (Wildman–Crippen LogP) is 4.74. The number of anilines is 1. The molecule has 1 aliphatic heterocycles. The molecule has 0 aliphatic carbocycles. The Balaban J connectivity index is 1.92. The highest BCUT2D eigenvalue weighted by atomic mass is 35.5. The van der Waals surface area contributed by atoms with Gasteiger partial charge < -0.3 is 9.88 Å². The highest BCUT2D eigenvalue weighted by molar-refractivity contribution is 7.93. The SMILES string of the molecule is Cn1c(-c2cc(Cl)c(F)cc2N(C(C)(C)C)S(=O)(=O)c2ccccc2)nnc1C1CCCNC1. The highest BCUT2D eigenvalue weighted by Gasteiger charge is 2.37. The van der Waals surface area contributed by atoms with Gasteiger partial charge in [-0.25, -0.2) is 12.8 Å². The fourth-order valence-corrected chi connectivity index (χ4v) is 6.44. The largest absolute Gasteiger partial charge is 0.316 e. The van der Waals surface area contributed by atoms with E-state index in [0.717, 1.165) is 31.8 Å². The minimum Gasteiger partial charge on any atom is -0.316 e. The molecule has 34 heavy (non-hydrogen) atoms. The summed E-state index contributed by atoms with van der Waals surface area (Å²) in [5.41, 5.74) is -0.369. The van der Waals surface area contributed by atoms with Crippen molar-refractivity contribution in [2.45, 2.75) is 50.0 Å². The monoisotopic (exact) mass is 505 g/mol. The Morgan fingerprint density at radius 2 is 1.88 bits per heavy atom. The van der Waals surface area contributed by atoms with Crippen LogP contribution in [0.4, 0.5) is 10.1 Å². The first-order valence-electron chi connectivity index (χ1n) is 11.2. The maximum Gasteiger partial charge on any atom is 0.264 e. The van der Waals surface area contributed by atoms with Gasteiger partial charge in [-0.05, 0) is 58.4 Å². The number of hydrogen-bond acceptors (Lipinski definition) is 5. The van der Waals surface area contributed by atoms with Crippen LogP contribution in [0, 0.1) is 5.82 Å². The van der Waals surface area contributed by atoms with Crippen LogP contribution < -0.4 is 9.62 Å². The van der Waals surface area contributed by atoms with E-state index in [1.54, 1.807) is 39.0 Å². The maximum absolute atomic E-state index is 14.8. The lowest BCUT2D eigenvalue weighted by molar-refractivity contribution is 0.438. The molecule has 0 radical (unpaired) electrons. The first kappa shape index (κ1) is 24.6. The normalized spacial score (nSPS) is 17.1. The van der Waals surface area contributed by atoms with Crippen molar-refractivity contribution < 1.29 is 12.8 Å². The molecule has 0 amide bonds. The van der Waals surface area contributed by atoms with Gasteiger partial charge in [-0.2, -0.15) is 0 Å². The molecule has 1 saturated heterocycles. The average molecular weight is 506 g/mol. The van der Waals surface area contributed by atoms with E-state index < -0.39 is 21.4 Å². The summed E-state index contributed by atoms with van der Waals surface area (Å²) in [5.74, 6) is 0.694. The third-order valence-corrected chi connectivity index (χ3v) is 8.34. The van der Waals surface area contributed by atoms with E-state index in [1.165, 1.54) is 28.6 Å². The van der Waals surface area contributed by atoms with Crippen molar-refractivity contribution in [3.63, 3.8) is 0 Å². The molecule has 2 aromatic carbocycles. The molecule has 10 heteroatoms. The van der Waals surface area contributed by atoms with Crippen LogP contribution in [-0.2, 0) is 17.1 Å². The zero-order valence-corrected chi connectivity index (χ0v) is 21.3. The molecule has 1 N–H and O–H groups in total. The van der Waals surface area contributed by atoms with Crippen LogP contribution in [0.5, 0.6) is 0 Å². The van der Waals surface area contributed by atoms with Crippen molar-refractivity contribution >= 4 is 27.3 Å². The van der Waals surface area contributed by atoms with Gasteiger partial charge in [0.25, 0.3) is 10.0 Å². The van der Waals surface area contributed by atoms with Crippen LogP contribution in [0.15, 0.2) is 47.4 Å². The van der Waals surface area contributed by atoms with Crippen molar-refractivity contribution in [2.24, 2.45) is 7.05 Å². The molecule has 0 saturated carbocycles. The molecule has 182 valence electrons.